The van der Waals surface area contributed by atoms with Gasteiger partial charge in [0.05, 0.1) is 31.3 Å². The minimum Gasteiger partial charge on any atom is -0.395 e. The third kappa shape index (κ3) is 5.56. The number of carbonyl (C=O) groups is 1. The van der Waals surface area contributed by atoms with Gasteiger partial charge in [-0.3, -0.25) is 0 Å². The lowest BCUT2D eigenvalue weighted by Gasteiger charge is -2.40. The molecule has 2 aliphatic heterocycles. The summed E-state index contributed by atoms with van der Waals surface area (Å²) in [4.78, 5) is 20.9. The van der Waals surface area contributed by atoms with Crippen LogP contribution in [-0.2, 0) is 10.9 Å². The number of morpholine rings is 1. The summed E-state index contributed by atoms with van der Waals surface area (Å²) < 4.78 is 49.7. The van der Waals surface area contributed by atoms with E-state index in [4.69, 9.17) is 14.4 Å². The second-order valence-corrected chi connectivity index (χ2v) is 8.14. The number of piperidine rings is 1. The zero-order valence-electron chi connectivity index (χ0n) is 17.9. The first-order valence-corrected chi connectivity index (χ1v) is 10.8. The van der Waals surface area contributed by atoms with Gasteiger partial charge in [0.2, 0.25) is 5.89 Å². The van der Waals surface area contributed by atoms with Crippen LogP contribution in [0.25, 0.3) is 0 Å². The number of aromatic nitrogens is 2. The number of aliphatic hydroxyl groups excluding tert-OH is 1. The van der Waals surface area contributed by atoms with E-state index < -0.39 is 11.7 Å². The predicted molar refractivity (Wildman–Crippen MR) is 111 cm³/mol. The number of aliphatic hydroxyl groups is 1. The van der Waals surface area contributed by atoms with E-state index in [2.05, 4.69) is 15.5 Å². The first-order chi connectivity index (χ1) is 15.8. The molecule has 0 aliphatic carbocycles. The third-order valence-corrected chi connectivity index (χ3v) is 5.90. The van der Waals surface area contributed by atoms with Gasteiger partial charge in [-0.2, -0.15) is 18.2 Å². The van der Waals surface area contributed by atoms with Crippen molar-refractivity contribution in [3.8, 4) is 0 Å². The third-order valence-electron chi connectivity index (χ3n) is 5.90. The number of anilines is 1. The second kappa shape index (κ2) is 9.96. The number of urea groups is 1. The lowest BCUT2D eigenvalue weighted by Crippen LogP contribution is -2.52. The van der Waals surface area contributed by atoms with Crippen LogP contribution in [0.5, 0.6) is 0 Å². The van der Waals surface area contributed by atoms with Crippen LogP contribution < -0.4 is 5.32 Å². The van der Waals surface area contributed by atoms with E-state index in [-0.39, 0.29) is 37.0 Å². The number of hydrogen-bond acceptors (Lipinski definition) is 7. The smallest absolute Gasteiger partial charge is 0.395 e. The molecule has 2 unspecified atom stereocenters. The summed E-state index contributed by atoms with van der Waals surface area (Å²) in [5.41, 5.74) is 0.00183. The van der Waals surface area contributed by atoms with Crippen molar-refractivity contribution in [2.45, 2.75) is 24.4 Å². The Balaban J connectivity index is 1.56. The van der Waals surface area contributed by atoms with Crippen LogP contribution >= 0.6 is 0 Å². The fourth-order valence-electron chi connectivity index (χ4n) is 4.22. The van der Waals surface area contributed by atoms with Crippen molar-refractivity contribution in [2.75, 3.05) is 57.9 Å². The molecular weight excluding hydrogens is 443 g/mol. The summed E-state index contributed by atoms with van der Waals surface area (Å²) in [5.74, 6) is 0.0959. The van der Waals surface area contributed by atoms with Crippen LogP contribution in [0.2, 0.25) is 0 Å². The Bertz CT molecular complexity index is 931. The summed E-state index contributed by atoms with van der Waals surface area (Å²) in [6.07, 6.45) is -3.87. The molecule has 2 aromatic rings. The molecule has 2 amide bonds. The summed E-state index contributed by atoms with van der Waals surface area (Å²) in [6.45, 7) is 2.81. The van der Waals surface area contributed by atoms with Crippen LogP contribution in [0.4, 0.5) is 23.9 Å². The van der Waals surface area contributed by atoms with Crippen LogP contribution in [0.15, 0.2) is 28.8 Å². The molecule has 2 saturated heterocycles. The summed E-state index contributed by atoms with van der Waals surface area (Å²) >= 11 is 0. The lowest BCUT2D eigenvalue weighted by atomic mass is 9.84. The Labute approximate surface area is 188 Å². The Morgan fingerprint density at radius 1 is 1.12 bits per heavy atom. The average Bonchev–Trinajstić information content (AvgIpc) is 3.31. The SMILES string of the molecule is O=C(N1CCOCC1)N1CC(c2ccc(C(F)(F)F)cc2)CC(c2nc(NCCO)no2)C1. The molecule has 4 rings (SSSR count). The maximum atomic E-state index is 13.2. The first kappa shape index (κ1) is 23.3. The number of rotatable bonds is 5. The molecule has 1 aromatic heterocycles. The standard InChI is InChI=1S/C21H26F3N5O4/c22-21(23,24)17-3-1-14(2-4-17)15-11-16(18-26-19(27-33-18)25-5-8-30)13-29(12-15)20(31)28-6-9-32-10-7-28/h1-4,15-16,30H,5-13H2,(H,25,27). The molecule has 2 N–H and O–H groups in total. The Morgan fingerprint density at radius 3 is 2.48 bits per heavy atom. The van der Waals surface area contributed by atoms with E-state index >= 15 is 0 Å². The number of halogens is 3. The van der Waals surface area contributed by atoms with Crippen LogP contribution in [0.1, 0.15) is 35.3 Å². The molecule has 0 saturated carbocycles. The zero-order chi connectivity index (χ0) is 23.4. The number of nitrogens with one attached hydrogen (secondary N) is 1. The van der Waals surface area contributed by atoms with Crippen LogP contribution in [0, 0.1) is 0 Å². The highest BCUT2D eigenvalue weighted by Crippen LogP contribution is 2.37. The molecule has 33 heavy (non-hydrogen) atoms. The maximum Gasteiger partial charge on any atom is 0.416 e. The molecule has 2 fully saturated rings. The van der Waals surface area contributed by atoms with Gasteiger partial charge < -0.3 is 29.5 Å². The summed E-state index contributed by atoms with van der Waals surface area (Å²) in [6, 6.07) is 4.93. The van der Waals surface area contributed by atoms with E-state index in [1.54, 1.807) is 9.80 Å². The van der Waals surface area contributed by atoms with E-state index in [0.29, 0.717) is 57.3 Å². The number of ether oxygens (including phenoxy) is 1. The normalized spacial score (nSPS) is 21.8. The quantitative estimate of drug-likeness (QED) is 0.694. The van der Waals surface area contributed by atoms with E-state index in [9.17, 15) is 18.0 Å². The largest absolute Gasteiger partial charge is 0.416 e. The van der Waals surface area contributed by atoms with E-state index in [1.165, 1.54) is 12.1 Å². The molecule has 2 atom stereocenters. The zero-order valence-corrected chi connectivity index (χ0v) is 17.9. The van der Waals surface area contributed by atoms with Gasteiger partial charge >= 0.3 is 12.2 Å². The molecule has 0 spiro atoms. The monoisotopic (exact) mass is 469 g/mol. The van der Waals surface area contributed by atoms with E-state index in [0.717, 1.165) is 12.1 Å². The molecule has 12 heteroatoms. The number of alkyl halides is 3. The fraction of sp³-hybridized carbons (Fsp3) is 0.571. The number of likely N-dealkylation sites (tertiary alicyclic amines) is 1. The van der Waals surface area contributed by atoms with Gasteiger partial charge in [0.1, 0.15) is 0 Å². The average molecular weight is 469 g/mol. The topological polar surface area (TPSA) is 104 Å². The number of nitrogens with zero attached hydrogens (tertiary/aromatic N) is 4. The van der Waals surface area contributed by atoms with Crippen molar-refractivity contribution < 1.29 is 32.3 Å². The Kier molecular flexibility index (Phi) is 7.03. The fourth-order valence-corrected chi connectivity index (χ4v) is 4.22. The molecule has 0 bridgehead atoms. The number of benzene rings is 1. The second-order valence-electron chi connectivity index (χ2n) is 8.14. The number of hydrogen-bond donors (Lipinski definition) is 2. The highest BCUT2D eigenvalue weighted by molar-refractivity contribution is 5.75. The minimum absolute atomic E-state index is 0.0921. The molecule has 2 aliphatic rings. The van der Waals surface area contributed by atoms with E-state index in [1.807, 2.05) is 0 Å². The Hall–Kier alpha value is -2.86. The molecule has 3 heterocycles. The van der Waals surface area contributed by atoms with Gasteiger partial charge in [0.15, 0.2) is 0 Å². The van der Waals surface area contributed by atoms with Crippen molar-refractivity contribution in [2.24, 2.45) is 0 Å². The van der Waals surface area contributed by atoms with Gasteiger partial charge in [-0.05, 0) is 29.3 Å². The van der Waals surface area contributed by atoms with Crippen molar-refractivity contribution in [3.05, 3.63) is 41.3 Å². The first-order valence-electron chi connectivity index (χ1n) is 10.8. The lowest BCUT2D eigenvalue weighted by molar-refractivity contribution is -0.137. The minimum atomic E-state index is -4.41. The molecular formula is C21H26F3N5O4. The highest BCUT2D eigenvalue weighted by Gasteiger charge is 2.37. The predicted octanol–water partition coefficient (Wildman–Crippen LogP) is 2.52. The Morgan fingerprint density at radius 2 is 1.82 bits per heavy atom. The van der Waals surface area contributed by atoms with Crippen molar-refractivity contribution in [1.82, 2.24) is 19.9 Å². The number of carbonyl (C=O) groups excluding carboxylic acids is 1. The summed E-state index contributed by atoms with van der Waals surface area (Å²) in [5, 5.41) is 15.6. The molecule has 9 nitrogen and oxygen atoms in total. The van der Waals surface area contributed by atoms with Crippen molar-refractivity contribution >= 4 is 12.0 Å². The van der Waals surface area contributed by atoms with Crippen LogP contribution in [-0.4, -0.2) is 83.6 Å². The van der Waals surface area contributed by atoms with Crippen molar-refractivity contribution in [3.63, 3.8) is 0 Å². The van der Waals surface area contributed by atoms with Gasteiger partial charge in [-0.25, -0.2) is 4.79 Å². The van der Waals surface area contributed by atoms with Gasteiger partial charge in [-0.1, -0.05) is 12.1 Å². The van der Waals surface area contributed by atoms with Gasteiger partial charge in [-0.15, -0.1) is 0 Å². The van der Waals surface area contributed by atoms with Gasteiger partial charge in [0.25, 0.3) is 5.95 Å². The maximum absolute atomic E-state index is 13.2. The molecule has 1 aromatic carbocycles. The molecule has 180 valence electrons. The molecule has 0 radical (unpaired) electrons. The summed E-state index contributed by atoms with van der Waals surface area (Å²) in [7, 11) is 0. The van der Waals surface area contributed by atoms with Crippen molar-refractivity contribution in [1.29, 1.82) is 0 Å². The van der Waals surface area contributed by atoms with Crippen LogP contribution in [0.3, 0.4) is 0 Å². The number of amides is 2. The highest BCUT2D eigenvalue weighted by atomic mass is 19.4. The van der Waals surface area contributed by atoms with Gasteiger partial charge in [0, 0.05) is 38.6 Å².